The predicted molar refractivity (Wildman–Crippen MR) is 131 cm³/mol. The molecule has 176 valence electrons. The van der Waals surface area contributed by atoms with E-state index in [2.05, 4.69) is 20.7 Å². The van der Waals surface area contributed by atoms with Crippen molar-refractivity contribution in [2.45, 2.75) is 38.3 Å². The molecular weight excluding hydrogens is 442 g/mol. The molecule has 8 nitrogen and oxygen atoms in total. The largest absolute Gasteiger partial charge is 0.347 e. The first-order chi connectivity index (χ1) is 17.0. The molecule has 2 heterocycles. The molecule has 4 aromatic rings. The van der Waals surface area contributed by atoms with Gasteiger partial charge in [0, 0.05) is 29.4 Å². The number of carbonyl (C=O) groups excluding carboxylic acids is 3. The molecule has 0 spiro atoms. The molecule has 1 atom stereocenters. The molecule has 1 fully saturated rings. The summed E-state index contributed by atoms with van der Waals surface area (Å²) >= 11 is 0. The monoisotopic (exact) mass is 467 g/mol. The number of nitrogens with one attached hydrogen (secondary N) is 2. The summed E-state index contributed by atoms with van der Waals surface area (Å²) in [5.41, 5.74) is 2.39. The van der Waals surface area contributed by atoms with Gasteiger partial charge in [0.1, 0.15) is 11.7 Å². The molecule has 35 heavy (non-hydrogen) atoms. The molecule has 2 N–H and O–H groups in total. The molecule has 0 bridgehead atoms. The average molecular weight is 468 g/mol. The minimum atomic E-state index is -1.02. The zero-order chi connectivity index (χ0) is 24.4. The Hall–Kier alpha value is -4.33. The number of ketones is 1. The Labute approximate surface area is 202 Å². The molecule has 8 heteroatoms. The third-order valence-corrected chi connectivity index (χ3v) is 5.98. The van der Waals surface area contributed by atoms with E-state index in [1.807, 2.05) is 54.6 Å². The van der Waals surface area contributed by atoms with Crippen LogP contribution >= 0.6 is 0 Å². The summed E-state index contributed by atoms with van der Waals surface area (Å²) in [5.74, 6) is -1.83. The predicted octanol–water partition coefficient (Wildman–Crippen LogP) is 2.92. The Morgan fingerprint density at radius 1 is 1.03 bits per heavy atom. The van der Waals surface area contributed by atoms with Crippen molar-refractivity contribution >= 4 is 28.4 Å². The SMILES string of the molecule is Cc1cc(C(=O)N[C@@H](Cc2ccccc2)C(=O)C(=O)NC2CC2)n(-c2cncc3ccccc23)n1. The van der Waals surface area contributed by atoms with E-state index in [9.17, 15) is 14.4 Å². The first-order valence-electron chi connectivity index (χ1n) is 11.6. The topological polar surface area (TPSA) is 106 Å². The highest BCUT2D eigenvalue weighted by Gasteiger charge is 2.32. The van der Waals surface area contributed by atoms with E-state index in [4.69, 9.17) is 0 Å². The summed E-state index contributed by atoms with van der Waals surface area (Å²) in [4.78, 5) is 43.4. The maximum atomic E-state index is 13.5. The van der Waals surface area contributed by atoms with Crippen LogP contribution in [0.5, 0.6) is 0 Å². The number of aromatic nitrogens is 3. The van der Waals surface area contributed by atoms with Crippen molar-refractivity contribution in [2.75, 3.05) is 0 Å². The van der Waals surface area contributed by atoms with Crippen molar-refractivity contribution < 1.29 is 14.4 Å². The van der Waals surface area contributed by atoms with Gasteiger partial charge in [0.2, 0.25) is 5.78 Å². The summed E-state index contributed by atoms with van der Waals surface area (Å²) in [6.07, 6.45) is 5.34. The Kier molecular flexibility index (Phi) is 6.10. The van der Waals surface area contributed by atoms with Gasteiger partial charge in [0.05, 0.1) is 17.6 Å². The fraction of sp³-hybridized carbons (Fsp3) is 0.222. The van der Waals surface area contributed by atoms with Crippen LogP contribution < -0.4 is 10.6 Å². The molecule has 0 aliphatic heterocycles. The number of rotatable bonds is 8. The number of hydrogen-bond acceptors (Lipinski definition) is 5. The van der Waals surface area contributed by atoms with E-state index >= 15 is 0 Å². The van der Waals surface area contributed by atoms with Gasteiger partial charge in [-0.3, -0.25) is 19.4 Å². The third kappa shape index (κ3) is 4.96. The van der Waals surface area contributed by atoms with Crippen molar-refractivity contribution in [3.63, 3.8) is 0 Å². The van der Waals surface area contributed by atoms with Gasteiger partial charge in [-0.05, 0) is 31.4 Å². The lowest BCUT2D eigenvalue weighted by atomic mass is 10.0. The minimum Gasteiger partial charge on any atom is -0.347 e. The van der Waals surface area contributed by atoms with Crippen molar-refractivity contribution in [1.82, 2.24) is 25.4 Å². The first-order valence-corrected chi connectivity index (χ1v) is 11.6. The molecule has 5 rings (SSSR count). The molecule has 0 radical (unpaired) electrons. The van der Waals surface area contributed by atoms with Gasteiger partial charge < -0.3 is 10.6 Å². The zero-order valence-corrected chi connectivity index (χ0v) is 19.3. The maximum absolute atomic E-state index is 13.5. The molecule has 1 aliphatic rings. The van der Waals surface area contributed by atoms with E-state index in [1.165, 1.54) is 4.68 Å². The van der Waals surface area contributed by atoms with Crippen LogP contribution in [0.25, 0.3) is 16.5 Å². The van der Waals surface area contributed by atoms with Crippen LogP contribution in [0.15, 0.2) is 73.1 Å². The van der Waals surface area contributed by atoms with Crippen molar-refractivity contribution in [2.24, 2.45) is 0 Å². The Morgan fingerprint density at radius 2 is 1.77 bits per heavy atom. The maximum Gasteiger partial charge on any atom is 0.289 e. The van der Waals surface area contributed by atoms with Gasteiger partial charge in [0.25, 0.3) is 11.8 Å². The number of benzene rings is 2. The van der Waals surface area contributed by atoms with Crippen LogP contribution in [0.4, 0.5) is 0 Å². The van der Waals surface area contributed by atoms with E-state index in [0.717, 1.165) is 29.2 Å². The second kappa shape index (κ2) is 9.50. The van der Waals surface area contributed by atoms with Gasteiger partial charge in [0.15, 0.2) is 0 Å². The number of nitrogens with zero attached hydrogens (tertiary/aromatic N) is 3. The Bertz CT molecular complexity index is 1400. The van der Waals surface area contributed by atoms with E-state index < -0.39 is 23.6 Å². The van der Waals surface area contributed by atoms with Crippen LogP contribution in [-0.4, -0.2) is 44.4 Å². The molecule has 0 unspecified atom stereocenters. The number of hydrogen-bond donors (Lipinski definition) is 2. The number of carbonyl (C=O) groups is 3. The number of Topliss-reactive ketones (excluding diaryl/α,β-unsaturated/α-hetero) is 1. The fourth-order valence-corrected chi connectivity index (χ4v) is 4.05. The van der Waals surface area contributed by atoms with Crippen LogP contribution in [0, 0.1) is 6.92 Å². The third-order valence-electron chi connectivity index (χ3n) is 5.98. The molecular formula is C27H25N5O3. The fourth-order valence-electron chi connectivity index (χ4n) is 4.05. The smallest absolute Gasteiger partial charge is 0.289 e. The van der Waals surface area contributed by atoms with Gasteiger partial charge >= 0.3 is 0 Å². The standard InChI is InChI=1S/C27H25N5O3/c1-17-13-23(32(31-17)24-16-28-15-19-9-5-6-10-21(19)24)26(34)30-22(14-18-7-3-2-4-8-18)25(33)27(35)29-20-11-12-20/h2-10,13,15-16,20,22H,11-12,14H2,1H3,(H,29,35)(H,30,34)/t22-/m0/s1. The average Bonchev–Trinajstić information content (AvgIpc) is 3.61. The van der Waals surface area contributed by atoms with Gasteiger partial charge in [-0.2, -0.15) is 5.10 Å². The summed E-state index contributed by atoms with van der Waals surface area (Å²) in [6.45, 7) is 1.79. The molecule has 2 aromatic heterocycles. The molecule has 2 amide bonds. The number of fused-ring (bicyclic) bond motifs is 1. The van der Waals surface area contributed by atoms with Crippen LogP contribution in [0.2, 0.25) is 0 Å². The van der Waals surface area contributed by atoms with Crippen LogP contribution in [-0.2, 0) is 16.0 Å². The lowest BCUT2D eigenvalue weighted by Gasteiger charge is -2.18. The van der Waals surface area contributed by atoms with E-state index in [1.54, 1.807) is 25.4 Å². The highest BCUT2D eigenvalue weighted by Crippen LogP contribution is 2.23. The molecule has 1 aliphatic carbocycles. The highest BCUT2D eigenvalue weighted by molar-refractivity contribution is 6.38. The Morgan fingerprint density at radius 3 is 2.54 bits per heavy atom. The minimum absolute atomic E-state index is 0.0440. The number of aryl methyl sites for hydroxylation is 1. The number of pyridine rings is 1. The van der Waals surface area contributed by atoms with Crippen molar-refractivity contribution in [3.8, 4) is 5.69 Å². The summed E-state index contributed by atoms with van der Waals surface area (Å²) in [5, 5.41) is 11.9. The second-order valence-corrected chi connectivity index (χ2v) is 8.79. The summed E-state index contributed by atoms with van der Waals surface area (Å²) in [7, 11) is 0. The number of amides is 2. The second-order valence-electron chi connectivity index (χ2n) is 8.79. The van der Waals surface area contributed by atoms with E-state index in [0.29, 0.717) is 11.4 Å². The van der Waals surface area contributed by atoms with E-state index in [-0.39, 0.29) is 18.2 Å². The lowest BCUT2D eigenvalue weighted by molar-refractivity contribution is -0.139. The van der Waals surface area contributed by atoms with Gasteiger partial charge in [-0.1, -0.05) is 54.6 Å². The molecule has 2 aromatic carbocycles. The lowest BCUT2D eigenvalue weighted by Crippen LogP contribution is -2.49. The molecule has 1 saturated carbocycles. The summed E-state index contributed by atoms with van der Waals surface area (Å²) in [6, 6.07) is 17.7. The summed E-state index contributed by atoms with van der Waals surface area (Å²) < 4.78 is 1.54. The molecule has 0 saturated heterocycles. The van der Waals surface area contributed by atoms with Crippen LogP contribution in [0.1, 0.15) is 34.6 Å². The van der Waals surface area contributed by atoms with Gasteiger partial charge in [-0.15, -0.1) is 0 Å². The quantitative estimate of drug-likeness (QED) is 0.388. The van der Waals surface area contributed by atoms with Crippen molar-refractivity contribution in [1.29, 1.82) is 0 Å². The highest BCUT2D eigenvalue weighted by atomic mass is 16.2. The normalized spacial score (nSPS) is 13.9. The Balaban J connectivity index is 1.46. The van der Waals surface area contributed by atoms with Crippen LogP contribution in [0.3, 0.4) is 0 Å². The van der Waals surface area contributed by atoms with Crippen molar-refractivity contribution in [3.05, 3.63) is 90.0 Å². The zero-order valence-electron chi connectivity index (χ0n) is 19.3. The van der Waals surface area contributed by atoms with Gasteiger partial charge in [-0.25, -0.2) is 4.68 Å². The first kappa shape index (κ1) is 22.5.